The third kappa shape index (κ3) is 2.22. The molecule has 0 bridgehead atoms. The van der Waals surface area contributed by atoms with E-state index in [1.807, 2.05) is 28.8 Å². The summed E-state index contributed by atoms with van der Waals surface area (Å²) < 4.78 is 6.71. The second-order valence-electron chi connectivity index (χ2n) is 6.42. The Labute approximate surface area is 129 Å². The van der Waals surface area contributed by atoms with Gasteiger partial charge in [0.15, 0.2) is 0 Å². The first-order valence-corrected chi connectivity index (χ1v) is 7.32. The van der Waals surface area contributed by atoms with Gasteiger partial charge in [-0.15, -0.1) is 0 Å². The van der Waals surface area contributed by atoms with Crippen LogP contribution in [0.4, 0.5) is 0 Å². The second-order valence-corrected chi connectivity index (χ2v) is 6.42. The monoisotopic (exact) mass is 300 g/mol. The van der Waals surface area contributed by atoms with E-state index in [0.29, 0.717) is 12.1 Å². The van der Waals surface area contributed by atoms with Gasteiger partial charge in [0, 0.05) is 0 Å². The highest BCUT2D eigenvalue weighted by atomic mass is 16.5. The van der Waals surface area contributed by atoms with Crippen molar-refractivity contribution in [3.8, 4) is 0 Å². The number of benzene rings is 1. The largest absolute Gasteiger partial charge is 0.464 e. The van der Waals surface area contributed by atoms with E-state index in [0.717, 1.165) is 11.1 Å². The highest BCUT2D eigenvalue weighted by Crippen LogP contribution is 2.50. The smallest absolute Gasteiger partial charge is 0.356 e. The molecule has 5 nitrogen and oxygen atoms in total. The highest BCUT2D eigenvalue weighted by Gasteiger charge is 2.42. The Kier molecular flexibility index (Phi) is 3.53. The first kappa shape index (κ1) is 14.8. The van der Waals surface area contributed by atoms with Gasteiger partial charge < -0.3 is 14.4 Å². The fraction of sp³-hybridized carbons (Fsp3) is 0.412. The van der Waals surface area contributed by atoms with E-state index < -0.39 is 12.1 Å². The number of ether oxygens (including phenoxy) is 1. The van der Waals surface area contributed by atoms with Crippen LogP contribution in [0.2, 0.25) is 0 Å². The van der Waals surface area contributed by atoms with Gasteiger partial charge in [-0.1, -0.05) is 38.1 Å². The lowest BCUT2D eigenvalue weighted by molar-refractivity contribution is 0.0554. The van der Waals surface area contributed by atoms with Gasteiger partial charge >= 0.3 is 5.97 Å². The first-order valence-electron chi connectivity index (χ1n) is 7.32. The van der Waals surface area contributed by atoms with Gasteiger partial charge in [-0.05, 0) is 23.0 Å². The van der Waals surface area contributed by atoms with E-state index >= 15 is 0 Å². The lowest BCUT2D eigenvalue weighted by atomic mass is 9.69. The van der Waals surface area contributed by atoms with Gasteiger partial charge in [0.05, 0.1) is 31.8 Å². The first-order chi connectivity index (χ1) is 10.5. The molecule has 0 unspecified atom stereocenters. The average Bonchev–Trinajstić information content (AvgIpc) is 2.94. The molecule has 1 aromatic carbocycles. The molecular weight excluding hydrogens is 280 g/mol. The van der Waals surface area contributed by atoms with Crippen LogP contribution in [0.15, 0.2) is 36.8 Å². The quantitative estimate of drug-likeness (QED) is 0.866. The summed E-state index contributed by atoms with van der Waals surface area (Å²) in [5, 5.41) is 10.4. The van der Waals surface area contributed by atoms with Gasteiger partial charge in [-0.2, -0.15) is 0 Å². The topological polar surface area (TPSA) is 64.3 Å². The Morgan fingerprint density at radius 2 is 2.05 bits per heavy atom. The predicted molar refractivity (Wildman–Crippen MR) is 81.5 cm³/mol. The maximum absolute atomic E-state index is 12.0. The molecule has 1 heterocycles. The predicted octanol–water partition coefficient (Wildman–Crippen LogP) is 2.72. The molecule has 116 valence electrons. The molecular formula is C17H20N2O3. The summed E-state index contributed by atoms with van der Waals surface area (Å²) in [6.45, 7) is 4.19. The van der Waals surface area contributed by atoms with Crippen LogP contribution in [0.25, 0.3) is 0 Å². The van der Waals surface area contributed by atoms with Crippen LogP contribution in [0.3, 0.4) is 0 Å². The normalized spacial score (nSPS) is 22.9. The number of fused-ring (bicyclic) bond motifs is 1. The molecule has 2 aromatic rings. The molecule has 1 aliphatic carbocycles. The fourth-order valence-electron chi connectivity index (χ4n) is 3.50. The van der Waals surface area contributed by atoms with Crippen LogP contribution in [0.1, 0.15) is 54.0 Å². The molecule has 0 aliphatic heterocycles. The van der Waals surface area contributed by atoms with E-state index in [2.05, 4.69) is 18.8 Å². The fourth-order valence-corrected chi connectivity index (χ4v) is 3.50. The molecule has 0 saturated heterocycles. The lowest BCUT2D eigenvalue weighted by Crippen LogP contribution is -2.36. The van der Waals surface area contributed by atoms with Crippen LogP contribution >= 0.6 is 0 Å². The molecule has 0 fully saturated rings. The van der Waals surface area contributed by atoms with Gasteiger partial charge in [0.1, 0.15) is 5.69 Å². The molecule has 5 heteroatoms. The zero-order valence-corrected chi connectivity index (χ0v) is 13.0. The summed E-state index contributed by atoms with van der Waals surface area (Å²) in [5.41, 5.74) is 2.13. The number of aliphatic hydroxyl groups excluding tert-OH is 1. The van der Waals surface area contributed by atoms with Gasteiger partial charge in [0.2, 0.25) is 0 Å². The summed E-state index contributed by atoms with van der Waals surface area (Å²) in [6, 6.07) is 7.74. The van der Waals surface area contributed by atoms with Crippen molar-refractivity contribution in [2.45, 2.75) is 32.4 Å². The molecule has 1 aliphatic rings. The Morgan fingerprint density at radius 1 is 1.36 bits per heavy atom. The zero-order valence-electron chi connectivity index (χ0n) is 13.0. The number of imidazole rings is 1. The zero-order chi connectivity index (χ0) is 15.9. The van der Waals surface area contributed by atoms with Crippen molar-refractivity contribution in [3.05, 3.63) is 53.6 Å². The molecule has 0 radical (unpaired) electrons. The van der Waals surface area contributed by atoms with E-state index in [9.17, 15) is 9.90 Å². The Morgan fingerprint density at radius 3 is 2.73 bits per heavy atom. The minimum Gasteiger partial charge on any atom is -0.464 e. The van der Waals surface area contributed by atoms with Crippen molar-refractivity contribution in [2.75, 3.05) is 7.11 Å². The number of nitrogens with zero attached hydrogens (tertiary/aromatic N) is 2. The maximum atomic E-state index is 12.0. The minimum atomic E-state index is -0.493. The van der Waals surface area contributed by atoms with Crippen LogP contribution < -0.4 is 0 Å². The minimum absolute atomic E-state index is 0.0799. The van der Waals surface area contributed by atoms with E-state index in [-0.39, 0.29) is 11.5 Å². The Bertz CT molecular complexity index is 705. The molecule has 0 amide bonds. The van der Waals surface area contributed by atoms with Crippen molar-refractivity contribution < 1.29 is 14.6 Å². The number of esters is 1. The van der Waals surface area contributed by atoms with Crippen LogP contribution in [0.5, 0.6) is 0 Å². The third-order valence-electron chi connectivity index (χ3n) is 4.45. The molecule has 1 aromatic heterocycles. The number of carbonyl (C=O) groups excluding carboxylic acids is 1. The third-order valence-corrected chi connectivity index (χ3v) is 4.45. The Balaban J connectivity index is 2.19. The molecule has 0 saturated carbocycles. The number of rotatable bonds is 2. The van der Waals surface area contributed by atoms with Crippen LogP contribution in [-0.4, -0.2) is 27.7 Å². The van der Waals surface area contributed by atoms with Gasteiger partial charge in [-0.25, -0.2) is 9.78 Å². The second kappa shape index (κ2) is 5.25. The van der Waals surface area contributed by atoms with Crippen molar-refractivity contribution in [1.29, 1.82) is 0 Å². The van der Waals surface area contributed by atoms with Crippen LogP contribution in [-0.2, 0) is 4.74 Å². The van der Waals surface area contributed by atoms with Gasteiger partial charge in [-0.3, -0.25) is 0 Å². The van der Waals surface area contributed by atoms with Crippen molar-refractivity contribution in [1.82, 2.24) is 9.55 Å². The van der Waals surface area contributed by atoms with Gasteiger partial charge in [0.25, 0.3) is 0 Å². The van der Waals surface area contributed by atoms with Crippen molar-refractivity contribution in [2.24, 2.45) is 5.41 Å². The molecule has 2 atom stereocenters. The van der Waals surface area contributed by atoms with Crippen molar-refractivity contribution >= 4 is 5.97 Å². The highest BCUT2D eigenvalue weighted by molar-refractivity contribution is 5.87. The maximum Gasteiger partial charge on any atom is 0.356 e. The molecule has 3 rings (SSSR count). The number of carbonyl (C=O) groups is 1. The number of aliphatic hydroxyl groups is 1. The van der Waals surface area contributed by atoms with Crippen molar-refractivity contribution in [3.63, 3.8) is 0 Å². The molecule has 22 heavy (non-hydrogen) atoms. The Hall–Kier alpha value is -2.14. The molecule has 0 spiro atoms. The number of aromatic nitrogens is 2. The lowest BCUT2D eigenvalue weighted by Gasteiger charge is -2.43. The summed E-state index contributed by atoms with van der Waals surface area (Å²) in [4.78, 5) is 16.1. The SMILES string of the molecule is COC(=O)c1cncn1[C@H]1c2ccccc2[C@@H](O)CC1(C)C. The summed E-state index contributed by atoms with van der Waals surface area (Å²) in [6.07, 6.45) is 3.31. The molecule has 1 N–H and O–H groups in total. The van der Waals surface area contributed by atoms with Crippen LogP contribution in [0, 0.1) is 5.41 Å². The summed E-state index contributed by atoms with van der Waals surface area (Å²) in [5.74, 6) is -0.406. The summed E-state index contributed by atoms with van der Waals surface area (Å²) >= 11 is 0. The van der Waals surface area contributed by atoms with E-state index in [1.165, 1.54) is 13.3 Å². The number of methoxy groups -OCH3 is 1. The summed E-state index contributed by atoms with van der Waals surface area (Å²) in [7, 11) is 1.36. The number of hydrogen-bond acceptors (Lipinski definition) is 4. The number of hydrogen-bond donors (Lipinski definition) is 1. The van der Waals surface area contributed by atoms with E-state index in [1.54, 1.807) is 6.33 Å². The standard InChI is InChI=1S/C17H20N2O3/c1-17(2)8-14(20)11-6-4-5-7-12(11)15(17)19-10-18-9-13(19)16(21)22-3/h4-7,9-10,14-15,20H,8H2,1-3H3/t14-,15-/m0/s1. The average molecular weight is 300 g/mol. The van der Waals surface area contributed by atoms with E-state index in [4.69, 9.17) is 4.74 Å².